The summed E-state index contributed by atoms with van der Waals surface area (Å²) in [5.74, 6) is -0.642. The molecule has 0 aromatic rings. The van der Waals surface area contributed by atoms with Crippen molar-refractivity contribution in [2.75, 3.05) is 0 Å². The molecule has 1 saturated carbocycles. The number of hydrogen-bond donors (Lipinski definition) is 1. The Bertz CT molecular complexity index is 190. The summed E-state index contributed by atoms with van der Waals surface area (Å²) < 4.78 is 5.27. The minimum absolute atomic E-state index is 0.229. The van der Waals surface area contributed by atoms with Crippen LogP contribution in [0.5, 0.6) is 0 Å². The van der Waals surface area contributed by atoms with Gasteiger partial charge in [0.2, 0.25) is 0 Å². The molecule has 0 aromatic heterocycles. The Morgan fingerprint density at radius 3 is 2.73 bits per heavy atom. The lowest BCUT2D eigenvalue weighted by Gasteiger charge is -2.14. The molecule has 0 spiro atoms. The fraction of sp³-hybridized carbons (Fsp3) is 0.875. The molecule has 2 rings (SSSR count). The quantitative estimate of drug-likeness (QED) is 0.604. The molecule has 1 heterocycles. The molecule has 0 bridgehead atoms. The van der Waals surface area contributed by atoms with Crippen LogP contribution >= 0.6 is 0 Å². The van der Waals surface area contributed by atoms with E-state index in [1.165, 1.54) is 0 Å². The highest BCUT2D eigenvalue weighted by molar-refractivity contribution is 5.70. The molecule has 1 aliphatic carbocycles. The molecule has 0 aromatic carbocycles. The standard InChI is InChI=1S/C8H12O3/c1-4(8(9)10)5-2-3-6-7(5)11-6/h4-7H,2-3H2,1H3,(H,9,10)/t4-,5?,6-,7+/m0/s1. The predicted molar refractivity (Wildman–Crippen MR) is 38.2 cm³/mol. The molecule has 1 saturated heterocycles. The molecule has 3 heteroatoms. The van der Waals surface area contributed by atoms with E-state index >= 15 is 0 Å². The van der Waals surface area contributed by atoms with Crippen LogP contribution in [0.15, 0.2) is 0 Å². The second-order valence-corrected chi connectivity index (χ2v) is 3.51. The van der Waals surface area contributed by atoms with Gasteiger partial charge < -0.3 is 9.84 Å². The van der Waals surface area contributed by atoms with Crippen LogP contribution in [0.4, 0.5) is 0 Å². The highest BCUT2D eigenvalue weighted by Crippen LogP contribution is 2.46. The first kappa shape index (κ1) is 7.10. The van der Waals surface area contributed by atoms with Crippen molar-refractivity contribution in [2.24, 2.45) is 11.8 Å². The Hall–Kier alpha value is -0.570. The van der Waals surface area contributed by atoms with Crippen LogP contribution in [0.25, 0.3) is 0 Å². The summed E-state index contributed by atoms with van der Waals surface area (Å²) in [5, 5.41) is 8.72. The average molecular weight is 156 g/mol. The molecule has 11 heavy (non-hydrogen) atoms. The van der Waals surface area contributed by atoms with Crippen molar-refractivity contribution in [3.05, 3.63) is 0 Å². The van der Waals surface area contributed by atoms with E-state index in [1.54, 1.807) is 6.92 Å². The summed E-state index contributed by atoms with van der Waals surface area (Å²) in [6.45, 7) is 1.77. The molecule has 2 aliphatic rings. The van der Waals surface area contributed by atoms with Crippen molar-refractivity contribution in [3.8, 4) is 0 Å². The number of carboxylic acid groups (broad SMARTS) is 1. The van der Waals surface area contributed by atoms with Crippen molar-refractivity contribution in [3.63, 3.8) is 0 Å². The molecule has 4 atom stereocenters. The molecular formula is C8H12O3. The summed E-state index contributed by atoms with van der Waals surface area (Å²) in [6, 6.07) is 0. The van der Waals surface area contributed by atoms with Gasteiger partial charge in [-0.15, -0.1) is 0 Å². The van der Waals surface area contributed by atoms with Crippen LogP contribution in [-0.4, -0.2) is 23.3 Å². The van der Waals surface area contributed by atoms with Crippen LogP contribution in [0.3, 0.4) is 0 Å². The Kier molecular flexibility index (Phi) is 1.42. The Morgan fingerprint density at radius 2 is 2.36 bits per heavy atom. The Morgan fingerprint density at radius 1 is 1.64 bits per heavy atom. The molecule has 1 unspecified atom stereocenters. The lowest BCUT2D eigenvalue weighted by Crippen LogP contribution is -2.22. The SMILES string of the molecule is C[C@H](C(=O)O)C1CC[C@@H]2O[C@H]12. The van der Waals surface area contributed by atoms with Crippen molar-refractivity contribution >= 4 is 5.97 Å². The largest absolute Gasteiger partial charge is 0.481 e. The summed E-state index contributed by atoms with van der Waals surface area (Å²) in [6.07, 6.45) is 2.78. The van der Waals surface area contributed by atoms with Gasteiger partial charge in [0, 0.05) is 5.92 Å². The fourth-order valence-electron chi connectivity index (χ4n) is 2.00. The third kappa shape index (κ3) is 1.03. The highest BCUT2D eigenvalue weighted by atomic mass is 16.6. The fourth-order valence-corrected chi connectivity index (χ4v) is 2.00. The number of carbonyl (C=O) groups is 1. The van der Waals surface area contributed by atoms with E-state index in [-0.39, 0.29) is 17.9 Å². The van der Waals surface area contributed by atoms with E-state index < -0.39 is 5.97 Å². The van der Waals surface area contributed by atoms with Crippen molar-refractivity contribution < 1.29 is 14.6 Å². The van der Waals surface area contributed by atoms with E-state index in [4.69, 9.17) is 9.84 Å². The van der Waals surface area contributed by atoms with Gasteiger partial charge in [0.05, 0.1) is 18.1 Å². The average Bonchev–Trinajstić information content (AvgIpc) is 2.62. The van der Waals surface area contributed by atoms with Crippen molar-refractivity contribution in [1.82, 2.24) is 0 Å². The predicted octanol–water partition coefficient (Wildman–Crippen LogP) is 0.885. The molecule has 62 valence electrons. The lowest BCUT2D eigenvalue weighted by atomic mass is 9.92. The first-order chi connectivity index (χ1) is 5.20. The second kappa shape index (κ2) is 2.21. The van der Waals surface area contributed by atoms with E-state index in [9.17, 15) is 4.79 Å². The molecule has 1 aliphatic heterocycles. The number of hydrogen-bond acceptors (Lipinski definition) is 2. The van der Waals surface area contributed by atoms with E-state index in [0.717, 1.165) is 12.8 Å². The van der Waals surface area contributed by atoms with Crippen LogP contribution in [0.1, 0.15) is 19.8 Å². The highest BCUT2D eigenvalue weighted by Gasteiger charge is 2.52. The van der Waals surface area contributed by atoms with E-state index in [2.05, 4.69) is 0 Å². The number of epoxide rings is 1. The number of fused-ring (bicyclic) bond motifs is 1. The molecule has 0 radical (unpaired) electrons. The second-order valence-electron chi connectivity index (χ2n) is 3.51. The summed E-state index contributed by atoms with van der Waals surface area (Å²) in [7, 11) is 0. The van der Waals surface area contributed by atoms with Crippen molar-refractivity contribution in [2.45, 2.75) is 32.0 Å². The van der Waals surface area contributed by atoms with Gasteiger partial charge in [-0.3, -0.25) is 4.79 Å². The van der Waals surface area contributed by atoms with Gasteiger partial charge in [-0.1, -0.05) is 6.92 Å². The van der Waals surface area contributed by atoms with Gasteiger partial charge >= 0.3 is 5.97 Å². The first-order valence-electron chi connectivity index (χ1n) is 4.08. The maximum atomic E-state index is 10.6. The van der Waals surface area contributed by atoms with E-state index in [0.29, 0.717) is 6.10 Å². The third-order valence-corrected chi connectivity index (χ3v) is 2.86. The zero-order valence-electron chi connectivity index (χ0n) is 6.49. The summed E-state index contributed by atoms with van der Waals surface area (Å²) >= 11 is 0. The number of aliphatic carboxylic acids is 1. The van der Waals surface area contributed by atoms with Crippen LogP contribution in [-0.2, 0) is 9.53 Å². The monoisotopic (exact) mass is 156 g/mol. The van der Waals surface area contributed by atoms with Crippen LogP contribution in [0.2, 0.25) is 0 Å². The maximum absolute atomic E-state index is 10.6. The Labute approximate surface area is 65.4 Å². The van der Waals surface area contributed by atoms with Crippen molar-refractivity contribution in [1.29, 1.82) is 0 Å². The molecule has 1 N–H and O–H groups in total. The van der Waals surface area contributed by atoms with E-state index in [1.807, 2.05) is 0 Å². The van der Waals surface area contributed by atoms with Gasteiger partial charge in [0.15, 0.2) is 0 Å². The van der Waals surface area contributed by atoms with Gasteiger partial charge in [0.1, 0.15) is 0 Å². The zero-order valence-corrected chi connectivity index (χ0v) is 6.49. The third-order valence-electron chi connectivity index (χ3n) is 2.86. The van der Waals surface area contributed by atoms with Gasteiger partial charge in [-0.25, -0.2) is 0 Å². The summed E-state index contributed by atoms with van der Waals surface area (Å²) in [5.41, 5.74) is 0. The Balaban J connectivity index is 1.99. The normalized spacial score (nSPS) is 43.2. The number of carboxylic acids is 1. The smallest absolute Gasteiger partial charge is 0.306 e. The number of ether oxygens (including phenoxy) is 1. The minimum Gasteiger partial charge on any atom is -0.481 e. The zero-order chi connectivity index (χ0) is 8.01. The van der Waals surface area contributed by atoms with Gasteiger partial charge in [-0.05, 0) is 12.8 Å². The van der Waals surface area contributed by atoms with Crippen LogP contribution < -0.4 is 0 Å². The molecular weight excluding hydrogens is 144 g/mol. The summed E-state index contributed by atoms with van der Waals surface area (Å²) in [4.78, 5) is 10.6. The first-order valence-corrected chi connectivity index (χ1v) is 4.08. The number of rotatable bonds is 2. The minimum atomic E-state index is -0.689. The lowest BCUT2D eigenvalue weighted by molar-refractivity contribution is -0.143. The van der Waals surface area contributed by atoms with Gasteiger partial charge in [-0.2, -0.15) is 0 Å². The topological polar surface area (TPSA) is 49.8 Å². The molecule has 0 amide bonds. The molecule has 2 fully saturated rings. The maximum Gasteiger partial charge on any atom is 0.306 e. The molecule has 3 nitrogen and oxygen atoms in total. The van der Waals surface area contributed by atoms with Gasteiger partial charge in [0.25, 0.3) is 0 Å². The van der Waals surface area contributed by atoms with Crippen LogP contribution in [0, 0.1) is 11.8 Å².